The standard InChI is InChI=1S/C17H16ClNO/c18-12-7-5-11(6-8-12)16-14-9-10-20-17(14)13-3-1-2-4-15(13)19-16/h1-8,14,16-17,19H,9-10H2/t14-,16+,17+/m1/s1. The lowest BCUT2D eigenvalue weighted by Crippen LogP contribution is -2.29. The van der Waals surface area contributed by atoms with E-state index in [-0.39, 0.29) is 6.10 Å². The van der Waals surface area contributed by atoms with Crippen LogP contribution < -0.4 is 5.32 Å². The molecule has 0 unspecified atom stereocenters. The van der Waals surface area contributed by atoms with E-state index in [1.165, 1.54) is 16.8 Å². The molecule has 1 N–H and O–H groups in total. The van der Waals surface area contributed by atoms with Crippen LogP contribution in [0.5, 0.6) is 0 Å². The molecule has 0 aromatic heterocycles. The van der Waals surface area contributed by atoms with Crippen molar-refractivity contribution >= 4 is 17.3 Å². The topological polar surface area (TPSA) is 21.3 Å². The Bertz CT molecular complexity index is 625. The van der Waals surface area contributed by atoms with Crippen LogP contribution in [-0.4, -0.2) is 6.61 Å². The lowest BCUT2D eigenvalue weighted by molar-refractivity contribution is 0.0829. The van der Waals surface area contributed by atoms with E-state index >= 15 is 0 Å². The largest absolute Gasteiger partial charge is 0.378 e. The molecule has 3 heteroatoms. The van der Waals surface area contributed by atoms with Crippen LogP contribution in [-0.2, 0) is 4.74 Å². The fraction of sp³-hybridized carbons (Fsp3) is 0.294. The third kappa shape index (κ3) is 1.91. The molecule has 0 aliphatic carbocycles. The van der Waals surface area contributed by atoms with Crippen molar-refractivity contribution in [1.82, 2.24) is 0 Å². The van der Waals surface area contributed by atoms with Gasteiger partial charge in [0.1, 0.15) is 0 Å². The summed E-state index contributed by atoms with van der Waals surface area (Å²) < 4.78 is 5.99. The smallest absolute Gasteiger partial charge is 0.0896 e. The first-order valence-electron chi connectivity index (χ1n) is 7.05. The van der Waals surface area contributed by atoms with Crippen LogP contribution in [0.2, 0.25) is 5.02 Å². The highest BCUT2D eigenvalue weighted by Gasteiger charge is 2.41. The summed E-state index contributed by atoms with van der Waals surface area (Å²) >= 11 is 6.00. The number of halogens is 1. The Balaban J connectivity index is 1.76. The quantitative estimate of drug-likeness (QED) is 0.828. The van der Waals surface area contributed by atoms with Gasteiger partial charge >= 0.3 is 0 Å². The molecule has 0 spiro atoms. The number of benzene rings is 2. The summed E-state index contributed by atoms with van der Waals surface area (Å²) in [7, 11) is 0. The summed E-state index contributed by atoms with van der Waals surface area (Å²) in [6, 6.07) is 16.9. The van der Waals surface area contributed by atoms with Gasteiger partial charge in [0.05, 0.1) is 12.1 Å². The Hall–Kier alpha value is -1.51. The van der Waals surface area contributed by atoms with Crippen LogP contribution in [0.1, 0.15) is 29.7 Å². The number of ether oxygens (including phenoxy) is 1. The SMILES string of the molecule is Clc1ccc([C@@H]2Nc3ccccc3[C@@H]3OCC[C@H]23)cc1. The van der Waals surface area contributed by atoms with E-state index in [9.17, 15) is 0 Å². The van der Waals surface area contributed by atoms with Crippen molar-refractivity contribution in [3.8, 4) is 0 Å². The molecule has 2 aromatic carbocycles. The molecule has 2 nitrogen and oxygen atoms in total. The number of rotatable bonds is 1. The van der Waals surface area contributed by atoms with Crippen molar-refractivity contribution in [3.05, 3.63) is 64.7 Å². The molecule has 20 heavy (non-hydrogen) atoms. The number of hydrogen-bond acceptors (Lipinski definition) is 2. The Morgan fingerprint density at radius 1 is 1.05 bits per heavy atom. The zero-order valence-corrected chi connectivity index (χ0v) is 11.8. The van der Waals surface area contributed by atoms with Crippen molar-refractivity contribution in [3.63, 3.8) is 0 Å². The molecule has 3 atom stereocenters. The predicted molar refractivity (Wildman–Crippen MR) is 81.1 cm³/mol. The molecule has 2 aliphatic heterocycles. The fourth-order valence-electron chi connectivity index (χ4n) is 3.42. The lowest BCUT2D eigenvalue weighted by Gasteiger charge is -2.36. The van der Waals surface area contributed by atoms with Gasteiger partial charge in [-0.05, 0) is 30.2 Å². The number of nitrogens with one attached hydrogen (secondary N) is 1. The minimum atomic E-state index is 0.216. The maximum absolute atomic E-state index is 6.00. The monoisotopic (exact) mass is 285 g/mol. The third-order valence-corrected chi connectivity index (χ3v) is 4.63. The Labute approximate surface area is 123 Å². The van der Waals surface area contributed by atoms with Crippen LogP contribution in [0, 0.1) is 5.92 Å². The van der Waals surface area contributed by atoms with Crippen LogP contribution >= 0.6 is 11.6 Å². The molecule has 4 rings (SSSR count). The van der Waals surface area contributed by atoms with Crippen molar-refractivity contribution in [2.24, 2.45) is 5.92 Å². The molecule has 1 fully saturated rings. The van der Waals surface area contributed by atoms with Crippen molar-refractivity contribution in [2.45, 2.75) is 18.6 Å². The van der Waals surface area contributed by atoms with Gasteiger partial charge in [-0.15, -0.1) is 0 Å². The van der Waals surface area contributed by atoms with E-state index < -0.39 is 0 Å². The van der Waals surface area contributed by atoms with Gasteiger partial charge in [-0.25, -0.2) is 0 Å². The van der Waals surface area contributed by atoms with E-state index in [1.807, 2.05) is 12.1 Å². The molecule has 0 saturated carbocycles. The average Bonchev–Trinajstić information content (AvgIpc) is 2.97. The van der Waals surface area contributed by atoms with Crippen LogP contribution in [0.15, 0.2) is 48.5 Å². The van der Waals surface area contributed by atoms with Gasteiger partial charge in [-0.1, -0.05) is 41.9 Å². The maximum Gasteiger partial charge on any atom is 0.0896 e. The number of para-hydroxylation sites is 1. The highest BCUT2D eigenvalue weighted by Crippen LogP contribution is 2.49. The molecule has 102 valence electrons. The highest BCUT2D eigenvalue weighted by atomic mass is 35.5. The zero-order chi connectivity index (χ0) is 13.5. The van der Waals surface area contributed by atoms with Crippen LogP contribution in [0.4, 0.5) is 5.69 Å². The summed E-state index contributed by atoms with van der Waals surface area (Å²) in [5.41, 5.74) is 3.76. The minimum absolute atomic E-state index is 0.216. The first-order valence-corrected chi connectivity index (χ1v) is 7.43. The van der Waals surface area contributed by atoms with Gasteiger partial charge in [0, 0.05) is 28.8 Å². The molecule has 2 heterocycles. The summed E-state index contributed by atoms with van der Waals surface area (Å²) in [4.78, 5) is 0. The second-order valence-corrected chi connectivity index (χ2v) is 5.94. The first kappa shape index (κ1) is 12.2. The predicted octanol–water partition coefficient (Wildman–Crippen LogP) is 4.58. The summed E-state index contributed by atoms with van der Waals surface area (Å²) in [6.07, 6.45) is 1.31. The van der Waals surface area contributed by atoms with Crippen LogP contribution in [0.25, 0.3) is 0 Å². The Morgan fingerprint density at radius 3 is 2.70 bits per heavy atom. The van der Waals surface area contributed by atoms with Crippen molar-refractivity contribution in [2.75, 3.05) is 11.9 Å². The highest BCUT2D eigenvalue weighted by molar-refractivity contribution is 6.30. The molecule has 0 bridgehead atoms. The van der Waals surface area contributed by atoms with Gasteiger partial charge in [0.15, 0.2) is 0 Å². The molecule has 1 saturated heterocycles. The molecule has 2 aromatic rings. The number of hydrogen-bond donors (Lipinski definition) is 1. The van der Waals surface area contributed by atoms with E-state index in [0.717, 1.165) is 18.1 Å². The number of anilines is 1. The molecule has 0 radical (unpaired) electrons. The van der Waals surface area contributed by atoms with Gasteiger partial charge in [-0.2, -0.15) is 0 Å². The second kappa shape index (κ2) is 4.80. The minimum Gasteiger partial charge on any atom is -0.378 e. The van der Waals surface area contributed by atoms with Crippen molar-refractivity contribution < 1.29 is 4.74 Å². The van der Waals surface area contributed by atoms with E-state index in [0.29, 0.717) is 12.0 Å². The van der Waals surface area contributed by atoms with E-state index in [2.05, 4.69) is 41.7 Å². The van der Waals surface area contributed by atoms with Gasteiger partial charge < -0.3 is 10.1 Å². The van der Waals surface area contributed by atoms with Gasteiger partial charge in [-0.3, -0.25) is 0 Å². The Kier molecular flexibility index (Phi) is 2.94. The van der Waals surface area contributed by atoms with Gasteiger partial charge in [0.25, 0.3) is 0 Å². The summed E-state index contributed by atoms with van der Waals surface area (Å²) in [6.45, 7) is 0.843. The zero-order valence-electron chi connectivity index (χ0n) is 11.1. The summed E-state index contributed by atoms with van der Waals surface area (Å²) in [5.74, 6) is 0.492. The van der Waals surface area contributed by atoms with E-state index in [4.69, 9.17) is 16.3 Å². The Morgan fingerprint density at radius 2 is 1.85 bits per heavy atom. The maximum atomic E-state index is 6.00. The molecule has 0 amide bonds. The normalized spacial score (nSPS) is 27.6. The van der Waals surface area contributed by atoms with Crippen LogP contribution in [0.3, 0.4) is 0 Å². The van der Waals surface area contributed by atoms with E-state index in [1.54, 1.807) is 0 Å². The second-order valence-electron chi connectivity index (χ2n) is 5.50. The third-order valence-electron chi connectivity index (χ3n) is 4.37. The average molecular weight is 286 g/mol. The number of fused-ring (bicyclic) bond motifs is 3. The van der Waals surface area contributed by atoms with Gasteiger partial charge in [0.2, 0.25) is 0 Å². The fourth-order valence-corrected chi connectivity index (χ4v) is 3.55. The molecular weight excluding hydrogens is 270 g/mol. The molecular formula is C17H16ClNO. The molecule has 2 aliphatic rings. The van der Waals surface area contributed by atoms with Crippen molar-refractivity contribution in [1.29, 1.82) is 0 Å². The summed E-state index contributed by atoms with van der Waals surface area (Å²) in [5, 5.41) is 4.46. The first-order chi connectivity index (χ1) is 9.83. The lowest BCUT2D eigenvalue weighted by atomic mass is 9.81.